The van der Waals surface area contributed by atoms with E-state index in [0.29, 0.717) is 17.7 Å². The first-order valence-corrected chi connectivity index (χ1v) is 6.94. The molecule has 0 aliphatic rings. The lowest BCUT2D eigenvalue weighted by Gasteiger charge is -2.08. The van der Waals surface area contributed by atoms with Crippen LogP contribution >= 0.6 is 0 Å². The van der Waals surface area contributed by atoms with E-state index in [0.717, 1.165) is 12.1 Å². The van der Waals surface area contributed by atoms with Crippen LogP contribution in [0.1, 0.15) is 10.5 Å². The number of hydrogen-bond acceptors (Lipinski definition) is 5. The van der Waals surface area contributed by atoms with Gasteiger partial charge < -0.3 is 14.5 Å². The Kier molecular flexibility index (Phi) is 4.24. The van der Waals surface area contributed by atoms with Crippen LogP contribution in [-0.4, -0.2) is 18.4 Å². The van der Waals surface area contributed by atoms with Crippen LogP contribution in [0.3, 0.4) is 0 Å². The molecule has 0 spiro atoms. The average Bonchev–Trinajstić information content (AvgIpc) is 2.97. The van der Waals surface area contributed by atoms with Gasteiger partial charge in [0.2, 0.25) is 11.8 Å². The molecule has 0 saturated carbocycles. The maximum Gasteiger partial charge on any atom is 0.235 e. The minimum atomic E-state index is -0.836. The summed E-state index contributed by atoms with van der Waals surface area (Å²) >= 11 is 0. The van der Waals surface area contributed by atoms with Crippen molar-refractivity contribution in [1.82, 2.24) is 4.98 Å². The Labute approximate surface area is 135 Å². The van der Waals surface area contributed by atoms with Crippen molar-refractivity contribution in [2.45, 2.75) is 0 Å². The standard InChI is InChI=1S/C17H12F2N2O3/c1-23-14-8-3-2-7-12(14)20-16-13(9-22)21-17(24-16)15-10(18)5-4-6-11(15)19/h2-9,20H,1H3. The second-order valence-corrected chi connectivity index (χ2v) is 4.77. The molecule has 122 valence electrons. The summed E-state index contributed by atoms with van der Waals surface area (Å²) in [5, 5.41) is 2.84. The fraction of sp³-hybridized carbons (Fsp3) is 0.0588. The summed E-state index contributed by atoms with van der Waals surface area (Å²) in [6.45, 7) is 0. The van der Waals surface area contributed by atoms with Gasteiger partial charge in [0, 0.05) is 0 Å². The predicted octanol–water partition coefficient (Wildman–Crippen LogP) is 4.18. The monoisotopic (exact) mass is 330 g/mol. The Morgan fingerprint density at radius 1 is 1.12 bits per heavy atom. The van der Waals surface area contributed by atoms with E-state index in [-0.39, 0.29) is 17.5 Å². The van der Waals surface area contributed by atoms with Gasteiger partial charge in [0.25, 0.3) is 0 Å². The molecule has 1 aromatic heterocycles. The van der Waals surface area contributed by atoms with Crippen LogP contribution in [0.15, 0.2) is 46.9 Å². The summed E-state index contributed by atoms with van der Waals surface area (Å²) in [5.74, 6) is -1.53. The van der Waals surface area contributed by atoms with E-state index in [4.69, 9.17) is 9.15 Å². The Morgan fingerprint density at radius 2 is 1.83 bits per heavy atom. The fourth-order valence-corrected chi connectivity index (χ4v) is 2.18. The number of aromatic nitrogens is 1. The van der Waals surface area contributed by atoms with Crippen molar-refractivity contribution in [3.63, 3.8) is 0 Å². The van der Waals surface area contributed by atoms with E-state index < -0.39 is 17.2 Å². The number of rotatable bonds is 5. The maximum atomic E-state index is 13.9. The van der Waals surface area contributed by atoms with Crippen LogP contribution in [0, 0.1) is 11.6 Å². The lowest BCUT2D eigenvalue weighted by atomic mass is 10.2. The molecule has 3 rings (SSSR count). The van der Waals surface area contributed by atoms with Gasteiger partial charge >= 0.3 is 0 Å². The van der Waals surface area contributed by atoms with Crippen LogP contribution in [0.4, 0.5) is 20.4 Å². The van der Waals surface area contributed by atoms with Crippen molar-refractivity contribution in [3.8, 4) is 17.2 Å². The molecule has 1 heterocycles. The summed E-state index contributed by atoms with van der Waals surface area (Å²) in [5.41, 5.74) is -0.0351. The second-order valence-electron chi connectivity index (χ2n) is 4.77. The van der Waals surface area contributed by atoms with Gasteiger partial charge in [-0.3, -0.25) is 4.79 Å². The minimum Gasteiger partial charge on any atom is -0.495 e. The molecular weight excluding hydrogens is 318 g/mol. The van der Waals surface area contributed by atoms with Crippen LogP contribution in [0.2, 0.25) is 0 Å². The zero-order chi connectivity index (χ0) is 17.1. The largest absolute Gasteiger partial charge is 0.495 e. The number of benzene rings is 2. The molecule has 0 bridgehead atoms. The summed E-state index contributed by atoms with van der Waals surface area (Å²) in [7, 11) is 1.49. The molecular formula is C17H12F2N2O3. The SMILES string of the molecule is COc1ccccc1Nc1oc(-c2c(F)cccc2F)nc1C=O. The van der Waals surface area contributed by atoms with Crippen molar-refractivity contribution in [2.24, 2.45) is 0 Å². The summed E-state index contributed by atoms with van der Waals surface area (Å²) in [6.07, 6.45) is 0.434. The lowest BCUT2D eigenvalue weighted by molar-refractivity contribution is 0.112. The molecule has 7 heteroatoms. The number of ether oxygens (including phenoxy) is 1. The van der Waals surface area contributed by atoms with Crippen LogP contribution in [-0.2, 0) is 0 Å². The maximum absolute atomic E-state index is 13.9. The topological polar surface area (TPSA) is 64.4 Å². The van der Waals surface area contributed by atoms with Gasteiger partial charge in [0.05, 0.1) is 12.8 Å². The molecule has 3 aromatic rings. The summed E-state index contributed by atoms with van der Waals surface area (Å²) < 4.78 is 38.3. The normalized spacial score (nSPS) is 10.5. The van der Waals surface area contributed by atoms with Gasteiger partial charge in [-0.2, -0.15) is 0 Å². The third-order valence-corrected chi connectivity index (χ3v) is 3.30. The van der Waals surface area contributed by atoms with Gasteiger partial charge in [-0.15, -0.1) is 0 Å². The number of anilines is 2. The van der Waals surface area contributed by atoms with Crippen LogP contribution < -0.4 is 10.1 Å². The molecule has 2 aromatic carbocycles. The highest BCUT2D eigenvalue weighted by atomic mass is 19.1. The molecule has 0 saturated heterocycles. The van der Waals surface area contributed by atoms with E-state index in [1.165, 1.54) is 13.2 Å². The van der Waals surface area contributed by atoms with E-state index in [1.807, 2.05) is 0 Å². The number of hydrogen-bond donors (Lipinski definition) is 1. The molecule has 1 N–H and O–H groups in total. The van der Waals surface area contributed by atoms with Crippen LogP contribution in [0.5, 0.6) is 5.75 Å². The molecule has 0 amide bonds. The zero-order valence-corrected chi connectivity index (χ0v) is 12.5. The van der Waals surface area contributed by atoms with Crippen molar-refractivity contribution in [1.29, 1.82) is 0 Å². The molecule has 0 unspecified atom stereocenters. The summed E-state index contributed by atoms with van der Waals surface area (Å²) in [4.78, 5) is 15.1. The van der Waals surface area contributed by atoms with Gasteiger partial charge in [0.1, 0.15) is 22.9 Å². The quantitative estimate of drug-likeness (QED) is 0.711. The predicted molar refractivity (Wildman–Crippen MR) is 83.5 cm³/mol. The zero-order valence-electron chi connectivity index (χ0n) is 12.5. The third kappa shape index (κ3) is 2.83. The van der Waals surface area contributed by atoms with Gasteiger partial charge in [-0.25, -0.2) is 13.8 Å². The van der Waals surface area contributed by atoms with Crippen molar-refractivity contribution >= 4 is 17.9 Å². The van der Waals surface area contributed by atoms with E-state index in [9.17, 15) is 13.6 Å². The molecule has 0 atom stereocenters. The van der Waals surface area contributed by atoms with Gasteiger partial charge in [-0.05, 0) is 24.3 Å². The summed E-state index contributed by atoms with van der Waals surface area (Å²) in [6, 6.07) is 10.3. The highest BCUT2D eigenvalue weighted by Crippen LogP contribution is 2.33. The number of nitrogens with one attached hydrogen (secondary N) is 1. The van der Waals surface area contributed by atoms with E-state index in [1.54, 1.807) is 24.3 Å². The molecule has 0 aliphatic heterocycles. The number of para-hydroxylation sites is 2. The number of methoxy groups -OCH3 is 1. The average molecular weight is 330 g/mol. The lowest BCUT2D eigenvalue weighted by Crippen LogP contribution is -1.95. The highest BCUT2D eigenvalue weighted by molar-refractivity contribution is 5.83. The second kappa shape index (κ2) is 6.49. The Hall–Kier alpha value is -3.22. The first-order valence-electron chi connectivity index (χ1n) is 6.94. The van der Waals surface area contributed by atoms with Gasteiger partial charge in [-0.1, -0.05) is 18.2 Å². The number of aldehydes is 1. The number of carbonyl (C=O) groups excluding carboxylic acids is 1. The smallest absolute Gasteiger partial charge is 0.235 e. The first kappa shape index (κ1) is 15.7. The van der Waals surface area contributed by atoms with E-state index >= 15 is 0 Å². The first-order chi connectivity index (χ1) is 11.6. The number of nitrogens with zero attached hydrogens (tertiary/aromatic N) is 1. The molecule has 0 fully saturated rings. The molecule has 24 heavy (non-hydrogen) atoms. The number of carbonyl (C=O) groups is 1. The van der Waals surface area contributed by atoms with Gasteiger partial charge in [0.15, 0.2) is 12.0 Å². The van der Waals surface area contributed by atoms with Crippen molar-refractivity contribution in [3.05, 3.63) is 59.8 Å². The fourth-order valence-electron chi connectivity index (χ4n) is 2.18. The van der Waals surface area contributed by atoms with Crippen molar-refractivity contribution < 1.29 is 22.7 Å². The van der Waals surface area contributed by atoms with Crippen molar-refractivity contribution in [2.75, 3.05) is 12.4 Å². The third-order valence-electron chi connectivity index (χ3n) is 3.30. The Bertz CT molecular complexity index is 873. The Balaban J connectivity index is 2.04. The minimum absolute atomic E-state index is 0.0350. The van der Waals surface area contributed by atoms with E-state index in [2.05, 4.69) is 10.3 Å². The number of oxazole rings is 1. The highest BCUT2D eigenvalue weighted by Gasteiger charge is 2.21. The Morgan fingerprint density at radius 3 is 2.50 bits per heavy atom. The molecule has 0 radical (unpaired) electrons. The van der Waals surface area contributed by atoms with Crippen LogP contribution in [0.25, 0.3) is 11.5 Å². The molecule has 0 aliphatic carbocycles. The molecule has 5 nitrogen and oxygen atoms in total. The number of halogens is 2.